The predicted octanol–water partition coefficient (Wildman–Crippen LogP) is 2.61. The predicted molar refractivity (Wildman–Crippen MR) is 77.4 cm³/mol. The molecule has 20 heavy (non-hydrogen) atoms. The van der Waals surface area contributed by atoms with E-state index < -0.39 is 17.3 Å². The van der Waals surface area contributed by atoms with Gasteiger partial charge in [0.2, 0.25) is 0 Å². The zero-order valence-corrected chi connectivity index (χ0v) is 11.9. The SMILES string of the molecule is C[C@@](O)(CNC(=O)c1ccccc1F)Cc1ccsc1. The summed E-state index contributed by atoms with van der Waals surface area (Å²) in [6.07, 6.45) is 0.439. The van der Waals surface area contributed by atoms with Gasteiger partial charge in [-0.3, -0.25) is 4.79 Å². The van der Waals surface area contributed by atoms with Crippen molar-refractivity contribution in [1.29, 1.82) is 0 Å². The maximum absolute atomic E-state index is 13.4. The van der Waals surface area contributed by atoms with Crippen LogP contribution in [0.4, 0.5) is 4.39 Å². The molecule has 3 nitrogen and oxygen atoms in total. The van der Waals surface area contributed by atoms with E-state index in [2.05, 4.69) is 5.32 Å². The summed E-state index contributed by atoms with van der Waals surface area (Å²) in [5.41, 5.74) is -0.0684. The van der Waals surface area contributed by atoms with Crippen molar-refractivity contribution in [3.63, 3.8) is 0 Å². The summed E-state index contributed by atoms with van der Waals surface area (Å²) in [6, 6.07) is 7.70. The van der Waals surface area contributed by atoms with Gasteiger partial charge in [-0.25, -0.2) is 4.39 Å². The molecule has 0 spiro atoms. The fourth-order valence-corrected chi connectivity index (χ4v) is 2.58. The Hall–Kier alpha value is -1.72. The second-order valence-electron chi connectivity index (χ2n) is 4.97. The summed E-state index contributed by atoms with van der Waals surface area (Å²) >= 11 is 1.56. The van der Waals surface area contributed by atoms with Gasteiger partial charge in [0.1, 0.15) is 5.82 Å². The summed E-state index contributed by atoms with van der Waals surface area (Å²) in [6.45, 7) is 1.71. The highest BCUT2D eigenvalue weighted by molar-refractivity contribution is 7.07. The highest BCUT2D eigenvalue weighted by Gasteiger charge is 2.23. The molecule has 0 radical (unpaired) electrons. The van der Waals surface area contributed by atoms with Gasteiger partial charge in [-0.05, 0) is 41.4 Å². The lowest BCUT2D eigenvalue weighted by molar-refractivity contribution is 0.0552. The molecule has 0 saturated carbocycles. The zero-order valence-electron chi connectivity index (χ0n) is 11.1. The molecule has 0 aliphatic carbocycles. The van der Waals surface area contributed by atoms with Crippen molar-refractivity contribution in [2.24, 2.45) is 0 Å². The second-order valence-corrected chi connectivity index (χ2v) is 5.75. The largest absolute Gasteiger partial charge is 0.388 e. The number of halogens is 1. The maximum Gasteiger partial charge on any atom is 0.254 e. The van der Waals surface area contributed by atoms with E-state index in [1.165, 1.54) is 18.2 Å². The molecule has 0 fully saturated rings. The fourth-order valence-electron chi connectivity index (χ4n) is 1.91. The Labute approximate surface area is 121 Å². The minimum Gasteiger partial charge on any atom is -0.388 e. The molecule has 0 aliphatic rings. The number of hydrogen-bond donors (Lipinski definition) is 2. The molecule has 2 N–H and O–H groups in total. The Morgan fingerprint density at radius 2 is 2.15 bits per heavy atom. The van der Waals surface area contributed by atoms with Gasteiger partial charge in [0, 0.05) is 13.0 Å². The minimum absolute atomic E-state index is 0.0150. The summed E-state index contributed by atoms with van der Waals surface area (Å²) in [5.74, 6) is -1.09. The van der Waals surface area contributed by atoms with Gasteiger partial charge in [-0.2, -0.15) is 11.3 Å². The van der Waals surface area contributed by atoms with Gasteiger partial charge < -0.3 is 10.4 Å². The molecule has 0 bridgehead atoms. The van der Waals surface area contributed by atoms with Gasteiger partial charge in [-0.15, -0.1) is 0 Å². The number of benzene rings is 1. The minimum atomic E-state index is -1.07. The summed E-state index contributed by atoms with van der Waals surface area (Å²) in [4.78, 5) is 11.9. The molecule has 0 unspecified atom stereocenters. The van der Waals surface area contributed by atoms with Crippen molar-refractivity contribution >= 4 is 17.2 Å². The van der Waals surface area contributed by atoms with Crippen LogP contribution in [0.3, 0.4) is 0 Å². The van der Waals surface area contributed by atoms with E-state index in [1.54, 1.807) is 24.3 Å². The van der Waals surface area contributed by atoms with Crippen molar-refractivity contribution in [3.05, 3.63) is 58.0 Å². The molecule has 2 rings (SSSR count). The molecule has 1 heterocycles. The van der Waals surface area contributed by atoms with Crippen LogP contribution in [0.25, 0.3) is 0 Å². The third-order valence-electron chi connectivity index (χ3n) is 2.91. The Kier molecular flexibility index (Phi) is 4.52. The Balaban J connectivity index is 1.94. The first-order valence-corrected chi connectivity index (χ1v) is 7.18. The first-order valence-electron chi connectivity index (χ1n) is 6.24. The van der Waals surface area contributed by atoms with Crippen LogP contribution in [0, 0.1) is 5.82 Å². The number of carbonyl (C=O) groups excluding carboxylic acids is 1. The maximum atomic E-state index is 13.4. The Bertz CT molecular complexity index is 581. The normalized spacial score (nSPS) is 13.8. The number of aliphatic hydroxyl groups is 1. The summed E-state index contributed by atoms with van der Waals surface area (Å²) < 4.78 is 13.4. The van der Waals surface area contributed by atoms with Crippen LogP contribution in [-0.2, 0) is 6.42 Å². The lowest BCUT2D eigenvalue weighted by atomic mass is 9.98. The van der Waals surface area contributed by atoms with Gasteiger partial charge >= 0.3 is 0 Å². The molecule has 1 amide bonds. The van der Waals surface area contributed by atoms with Crippen molar-refractivity contribution in [3.8, 4) is 0 Å². The van der Waals surface area contributed by atoms with Crippen LogP contribution in [0.2, 0.25) is 0 Å². The van der Waals surface area contributed by atoms with Gasteiger partial charge in [0.05, 0.1) is 11.2 Å². The van der Waals surface area contributed by atoms with Crippen LogP contribution in [0.5, 0.6) is 0 Å². The lowest BCUT2D eigenvalue weighted by Crippen LogP contribution is -2.42. The number of amides is 1. The van der Waals surface area contributed by atoms with E-state index in [0.717, 1.165) is 5.56 Å². The monoisotopic (exact) mass is 293 g/mol. The Morgan fingerprint density at radius 1 is 1.40 bits per heavy atom. The molecule has 0 aliphatic heterocycles. The van der Waals surface area contributed by atoms with Crippen LogP contribution >= 0.6 is 11.3 Å². The molecule has 1 aromatic heterocycles. The molecule has 106 valence electrons. The number of carbonyl (C=O) groups is 1. The third-order valence-corrected chi connectivity index (χ3v) is 3.65. The number of thiophene rings is 1. The standard InChI is InChI=1S/C15H16FNO2S/c1-15(19,8-11-6-7-20-9-11)10-17-14(18)12-4-2-3-5-13(12)16/h2-7,9,19H,8,10H2,1H3,(H,17,18)/t15-/m0/s1. The van der Waals surface area contributed by atoms with Crippen LogP contribution in [-0.4, -0.2) is 23.2 Å². The van der Waals surface area contributed by atoms with Crippen molar-refractivity contribution in [1.82, 2.24) is 5.32 Å². The quantitative estimate of drug-likeness (QED) is 0.890. The third kappa shape index (κ3) is 3.88. The molecule has 2 aromatic rings. The van der Waals surface area contributed by atoms with E-state index in [-0.39, 0.29) is 12.1 Å². The van der Waals surface area contributed by atoms with Crippen molar-refractivity contribution < 1.29 is 14.3 Å². The number of rotatable bonds is 5. The first kappa shape index (κ1) is 14.7. The van der Waals surface area contributed by atoms with Crippen molar-refractivity contribution in [2.45, 2.75) is 18.9 Å². The topological polar surface area (TPSA) is 49.3 Å². The van der Waals surface area contributed by atoms with Crippen LogP contribution < -0.4 is 5.32 Å². The molecule has 0 saturated heterocycles. The molecule has 1 aromatic carbocycles. The highest BCUT2D eigenvalue weighted by Crippen LogP contribution is 2.15. The highest BCUT2D eigenvalue weighted by atomic mass is 32.1. The van der Waals surface area contributed by atoms with Crippen LogP contribution in [0.1, 0.15) is 22.8 Å². The zero-order chi connectivity index (χ0) is 14.6. The van der Waals surface area contributed by atoms with Gasteiger partial charge in [0.15, 0.2) is 0 Å². The van der Waals surface area contributed by atoms with E-state index in [9.17, 15) is 14.3 Å². The number of nitrogens with one attached hydrogen (secondary N) is 1. The van der Waals surface area contributed by atoms with Gasteiger partial charge in [-0.1, -0.05) is 12.1 Å². The smallest absolute Gasteiger partial charge is 0.254 e. The summed E-state index contributed by atoms with van der Waals surface area (Å²) in [5, 5.41) is 16.7. The van der Waals surface area contributed by atoms with Crippen molar-refractivity contribution in [2.75, 3.05) is 6.54 Å². The summed E-state index contributed by atoms with van der Waals surface area (Å²) in [7, 11) is 0. The number of hydrogen-bond acceptors (Lipinski definition) is 3. The first-order chi connectivity index (χ1) is 9.48. The fraction of sp³-hybridized carbons (Fsp3) is 0.267. The second kappa shape index (κ2) is 6.15. The van der Waals surface area contributed by atoms with E-state index in [0.29, 0.717) is 6.42 Å². The van der Waals surface area contributed by atoms with E-state index in [1.807, 2.05) is 16.8 Å². The van der Waals surface area contributed by atoms with E-state index >= 15 is 0 Å². The average molecular weight is 293 g/mol. The average Bonchev–Trinajstić information content (AvgIpc) is 2.89. The molecule has 5 heteroatoms. The van der Waals surface area contributed by atoms with Gasteiger partial charge in [0.25, 0.3) is 5.91 Å². The molecule has 1 atom stereocenters. The molecular formula is C15H16FNO2S. The van der Waals surface area contributed by atoms with E-state index in [4.69, 9.17) is 0 Å². The van der Waals surface area contributed by atoms with Crippen LogP contribution in [0.15, 0.2) is 41.1 Å². The lowest BCUT2D eigenvalue weighted by Gasteiger charge is -2.23. The molecular weight excluding hydrogens is 277 g/mol. The Morgan fingerprint density at radius 3 is 2.80 bits per heavy atom.